The lowest BCUT2D eigenvalue weighted by Gasteiger charge is -2.48. The molecule has 0 N–H and O–H groups in total. The number of hydrogen-bond acceptors (Lipinski definition) is 3. The van der Waals surface area contributed by atoms with Crippen molar-refractivity contribution in [1.82, 2.24) is 4.90 Å². The molecule has 2 unspecified atom stereocenters. The van der Waals surface area contributed by atoms with Crippen molar-refractivity contribution in [3.8, 4) is 5.75 Å². The second-order valence-electron chi connectivity index (χ2n) is 6.08. The van der Waals surface area contributed by atoms with E-state index in [0.717, 1.165) is 24.9 Å². The van der Waals surface area contributed by atoms with Gasteiger partial charge in [0.25, 0.3) is 0 Å². The van der Waals surface area contributed by atoms with Crippen LogP contribution in [-0.2, 0) is 0 Å². The van der Waals surface area contributed by atoms with E-state index in [2.05, 4.69) is 41.0 Å². The Morgan fingerprint density at radius 3 is 3.00 bits per heavy atom. The zero-order valence-electron chi connectivity index (χ0n) is 12.7. The summed E-state index contributed by atoms with van der Waals surface area (Å²) in [6.07, 6.45) is 4.12. The number of hydrogen-bond donors (Lipinski definition) is 0. The van der Waals surface area contributed by atoms with Gasteiger partial charge in [0, 0.05) is 36.9 Å². The second-order valence-corrected chi connectivity index (χ2v) is 6.08. The number of fused-ring (bicyclic) bond motifs is 1. The molecule has 2 aliphatic heterocycles. The summed E-state index contributed by atoms with van der Waals surface area (Å²) in [7, 11) is 0. The maximum atomic E-state index is 5.64. The molecule has 20 heavy (non-hydrogen) atoms. The fraction of sp³-hybridized carbons (Fsp3) is 0.647. The van der Waals surface area contributed by atoms with Gasteiger partial charge in [-0.05, 0) is 45.4 Å². The van der Waals surface area contributed by atoms with Crippen LogP contribution in [0.5, 0.6) is 5.75 Å². The van der Waals surface area contributed by atoms with Gasteiger partial charge in [-0.1, -0.05) is 12.5 Å². The number of anilines is 1. The first-order chi connectivity index (χ1) is 9.78. The highest BCUT2D eigenvalue weighted by Crippen LogP contribution is 2.29. The fourth-order valence-electron chi connectivity index (χ4n) is 3.63. The van der Waals surface area contributed by atoms with Gasteiger partial charge in [0.2, 0.25) is 0 Å². The van der Waals surface area contributed by atoms with Crippen LogP contribution in [0, 0.1) is 0 Å². The Morgan fingerprint density at radius 2 is 2.15 bits per heavy atom. The van der Waals surface area contributed by atoms with Crippen molar-refractivity contribution in [1.29, 1.82) is 0 Å². The molecule has 0 aliphatic carbocycles. The second kappa shape index (κ2) is 6.04. The summed E-state index contributed by atoms with van der Waals surface area (Å²) in [5.74, 6) is 0.989. The summed E-state index contributed by atoms with van der Waals surface area (Å²) in [6.45, 7) is 8.77. The van der Waals surface area contributed by atoms with E-state index in [1.54, 1.807) is 0 Å². The van der Waals surface area contributed by atoms with Crippen molar-refractivity contribution in [3.63, 3.8) is 0 Å². The SMILES string of the molecule is CCOc1cccc(N2CC3CCCCN3CC2C)c1. The minimum Gasteiger partial charge on any atom is -0.494 e. The van der Waals surface area contributed by atoms with Crippen LogP contribution in [0.25, 0.3) is 0 Å². The average Bonchev–Trinajstić information content (AvgIpc) is 2.47. The average molecular weight is 274 g/mol. The van der Waals surface area contributed by atoms with E-state index in [4.69, 9.17) is 4.74 Å². The monoisotopic (exact) mass is 274 g/mol. The lowest BCUT2D eigenvalue weighted by molar-refractivity contribution is 0.115. The van der Waals surface area contributed by atoms with Crippen LogP contribution in [0.2, 0.25) is 0 Å². The van der Waals surface area contributed by atoms with Gasteiger partial charge >= 0.3 is 0 Å². The largest absolute Gasteiger partial charge is 0.494 e. The fourth-order valence-corrected chi connectivity index (χ4v) is 3.63. The molecule has 3 nitrogen and oxygen atoms in total. The van der Waals surface area contributed by atoms with E-state index in [1.807, 2.05) is 6.92 Å². The highest BCUT2D eigenvalue weighted by molar-refractivity contribution is 5.52. The Balaban J connectivity index is 1.76. The molecule has 0 radical (unpaired) electrons. The van der Waals surface area contributed by atoms with Crippen LogP contribution in [0.3, 0.4) is 0 Å². The topological polar surface area (TPSA) is 15.7 Å². The number of piperazine rings is 1. The number of rotatable bonds is 3. The first kappa shape index (κ1) is 13.7. The van der Waals surface area contributed by atoms with Gasteiger partial charge in [-0.3, -0.25) is 4.90 Å². The van der Waals surface area contributed by atoms with Crippen LogP contribution in [0.1, 0.15) is 33.1 Å². The Hall–Kier alpha value is -1.22. The van der Waals surface area contributed by atoms with Crippen LogP contribution in [0.15, 0.2) is 24.3 Å². The summed E-state index contributed by atoms with van der Waals surface area (Å²) in [6, 6.07) is 9.90. The molecule has 0 saturated carbocycles. The zero-order valence-corrected chi connectivity index (χ0v) is 12.7. The highest BCUT2D eigenvalue weighted by atomic mass is 16.5. The predicted molar refractivity (Wildman–Crippen MR) is 83.6 cm³/mol. The van der Waals surface area contributed by atoms with Crippen LogP contribution in [-0.4, -0.2) is 43.2 Å². The lowest BCUT2D eigenvalue weighted by Crippen LogP contribution is -2.58. The summed E-state index contributed by atoms with van der Waals surface area (Å²) in [5, 5.41) is 0. The molecule has 2 saturated heterocycles. The molecule has 2 fully saturated rings. The van der Waals surface area contributed by atoms with Crippen LogP contribution >= 0.6 is 0 Å². The van der Waals surface area contributed by atoms with Gasteiger partial charge in [-0.15, -0.1) is 0 Å². The predicted octanol–water partition coefficient (Wildman–Crippen LogP) is 3.15. The first-order valence-corrected chi connectivity index (χ1v) is 8.01. The third kappa shape index (κ3) is 2.78. The van der Waals surface area contributed by atoms with Crippen molar-refractivity contribution in [3.05, 3.63) is 24.3 Å². The molecule has 110 valence electrons. The lowest BCUT2D eigenvalue weighted by atomic mass is 9.96. The molecular formula is C17H26N2O. The summed E-state index contributed by atoms with van der Waals surface area (Å²) in [5.41, 5.74) is 1.31. The molecule has 2 atom stereocenters. The van der Waals surface area contributed by atoms with Crippen molar-refractivity contribution >= 4 is 5.69 Å². The molecule has 0 amide bonds. The maximum absolute atomic E-state index is 5.64. The molecule has 0 aromatic heterocycles. The number of ether oxygens (including phenoxy) is 1. The highest BCUT2D eigenvalue weighted by Gasteiger charge is 2.32. The Bertz CT molecular complexity index is 448. The molecule has 0 spiro atoms. The van der Waals surface area contributed by atoms with Gasteiger partial charge in [0.05, 0.1) is 6.61 Å². The van der Waals surface area contributed by atoms with Gasteiger partial charge < -0.3 is 9.64 Å². The van der Waals surface area contributed by atoms with Crippen LogP contribution in [0.4, 0.5) is 5.69 Å². The Labute approximate surface area is 122 Å². The van der Waals surface area contributed by atoms with E-state index in [9.17, 15) is 0 Å². The summed E-state index contributed by atoms with van der Waals surface area (Å²) >= 11 is 0. The molecule has 3 rings (SSSR count). The van der Waals surface area contributed by atoms with E-state index in [0.29, 0.717) is 6.04 Å². The molecule has 2 aliphatic rings. The van der Waals surface area contributed by atoms with Crippen molar-refractivity contribution in [2.24, 2.45) is 0 Å². The third-order valence-corrected chi connectivity index (χ3v) is 4.65. The first-order valence-electron chi connectivity index (χ1n) is 8.01. The minimum atomic E-state index is 0.584. The van der Waals surface area contributed by atoms with Gasteiger partial charge in [-0.2, -0.15) is 0 Å². The van der Waals surface area contributed by atoms with E-state index < -0.39 is 0 Å². The Kier molecular flexibility index (Phi) is 4.16. The van der Waals surface area contributed by atoms with E-state index in [1.165, 1.54) is 38.0 Å². The quantitative estimate of drug-likeness (QED) is 0.842. The Morgan fingerprint density at radius 1 is 1.25 bits per heavy atom. The van der Waals surface area contributed by atoms with E-state index in [-0.39, 0.29) is 0 Å². The normalized spacial score (nSPS) is 27.2. The van der Waals surface area contributed by atoms with Crippen molar-refractivity contribution < 1.29 is 4.74 Å². The molecule has 2 heterocycles. The molecule has 1 aromatic carbocycles. The zero-order chi connectivity index (χ0) is 13.9. The van der Waals surface area contributed by atoms with Crippen molar-refractivity contribution in [2.45, 2.75) is 45.2 Å². The summed E-state index contributed by atoms with van der Waals surface area (Å²) < 4.78 is 5.64. The van der Waals surface area contributed by atoms with Gasteiger partial charge in [0.1, 0.15) is 5.75 Å². The van der Waals surface area contributed by atoms with E-state index >= 15 is 0 Å². The molecule has 1 aromatic rings. The van der Waals surface area contributed by atoms with Crippen LogP contribution < -0.4 is 9.64 Å². The number of benzene rings is 1. The standard InChI is InChI=1S/C17H26N2O/c1-3-20-17-9-6-8-15(11-17)19-13-16-7-4-5-10-18(16)12-14(19)2/h6,8-9,11,14,16H,3-5,7,10,12-13H2,1-2H3. The van der Waals surface area contributed by atoms with Gasteiger partial charge in [0.15, 0.2) is 0 Å². The third-order valence-electron chi connectivity index (χ3n) is 4.65. The number of nitrogens with zero attached hydrogens (tertiary/aromatic N) is 2. The molecule has 3 heteroatoms. The summed E-state index contributed by atoms with van der Waals surface area (Å²) in [4.78, 5) is 5.26. The minimum absolute atomic E-state index is 0.584. The van der Waals surface area contributed by atoms with Gasteiger partial charge in [-0.25, -0.2) is 0 Å². The molecular weight excluding hydrogens is 248 g/mol. The maximum Gasteiger partial charge on any atom is 0.121 e. The van der Waals surface area contributed by atoms with Crippen molar-refractivity contribution in [2.75, 3.05) is 31.1 Å². The number of piperidine rings is 1. The smallest absolute Gasteiger partial charge is 0.121 e. The molecule has 0 bridgehead atoms.